The van der Waals surface area contributed by atoms with Gasteiger partial charge in [0, 0.05) is 20.3 Å². The minimum atomic E-state index is -1.31. The average molecular weight is 286 g/mol. The highest BCUT2D eigenvalue weighted by molar-refractivity contribution is 5.30. The van der Waals surface area contributed by atoms with Gasteiger partial charge in [0.2, 0.25) is 0 Å². The van der Waals surface area contributed by atoms with Gasteiger partial charge in [-0.3, -0.25) is 4.57 Å². The Morgan fingerprint density at radius 1 is 1.45 bits per heavy atom. The molecule has 4 N–H and O–H groups in total. The molecule has 0 bridgehead atoms. The Morgan fingerprint density at radius 3 is 2.65 bits per heavy atom. The van der Waals surface area contributed by atoms with Gasteiger partial charge in [-0.1, -0.05) is 0 Å². The van der Waals surface area contributed by atoms with E-state index in [0.717, 1.165) is 4.57 Å². The highest BCUT2D eigenvalue weighted by Gasteiger charge is 2.43. The zero-order chi connectivity index (χ0) is 14.9. The molecular weight excluding hydrogens is 268 g/mol. The van der Waals surface area contributed by atoms with E-state index in [2.05, 4.69) is 10.4 Å². The molecule has 2 rings (SSSR count). The third-order valence-electron chi connectivity index (χ3n) is 2.96. The normalized spacial score (nSPS) is 29.9. The Morgan fingerprint density at radius 2 is 2.15 bits per heavy atom. The molecule has 0 saturated carbocycles. The third-order valence-corrected chi connectivity index (χ3v) is 2.96. The van der Waals surface area contributed by atoms with Gasteiger partial charge >= 0.3 is 5.69 Å². The van der Waals surface area contributed by atoms with Crippen LogP contribution in [0.15, 0.2) is 17.1 Å². The van der Waals surface area contributed by atoms with Crippen LogP contribution >= 0.6 is 0 Å². The van der Waals surface area contributed by atoms with Crippen LogP contribution in [0.3, 0.4) is 0 Å². The van der Waals surface area contributed by atoms with E-state index < -0.39 is 36.8 Å². The zero-order valence-electron chi connectivity index (χ0n) is 11.2. The smallest absolute Gasteiger partial charge is 0.351 e. The lowest BCUT2D eigenvalue weighted by Crippen LogP contribution is -2.36. The van der Waals surface area contributed by atoms with Crippen molar-refractivity contribution in [1.82, 2.24) is 14.6 Å². The van der Waals surface area contributed by atoms with Gasteiger partial charge in [-0.2, -0.15) is 4.98 Å². The van der Waals surface area contributed by atoms with E-state index >= 15 is 0 Å². The van der Waals surface area contributed by atoms with E-state index in [1.165, 1.54) is 12.3 Å². The van der Waals surface area contributed by atoms with Crippen molar-refractivity contribution in [3.8, 4) is 0 Å². The summed E-state index contributed by atoms with van der Waals surface area (Å²) in [5, 5.41) is 30.2. The summed E-state index contributed by atoms with van der Waals surface area (Å²) in [4.78, 5) is 15.7. The monoisotopic (exact) mass is 286 g/mol. The molecule has 9 heteroatoms. The number of anilines is 1. The Hall–Kier alpha value is -1.52. The quantitative estimate of drug-likeness (QED) is 0.458. The molecule has 2 heterocycles. The molecular formula is C11H18N4O5. The van der Waals surface area contributed by atoms with Gasteiger partial charge in [0.05, 0.1) is 6.61 Å². The Labute approximate surface area is 115 Å². The van der Waals surface area contributed by atoms with Crippen LogP contribution in [0, 0.1) is 0 Å². The van der Waals surface area contributed by atoms with Crippen LogP contribution in [0.4, 0.5) is 5.82 Å². The van der Waals surface area contributed by atoms with Crippen molar-refractivity contribution in [3.63, 3.8) is 0 Å². The standard InChI is InChI=1S/C11H18N4O5/c1-14(2)13-7-3-4-15(11(19)12-7)10-9(18)8(17)6(5-16)20-10/h3-4,6,8-10,16-18H,5H2,1-2H3,(H,12,13,19)/t6-,8-,9-,10-/m1/s1. The van der Waals surface area contributed by atoms with Crippen LogP contribution < -0.4 is 11.1 Å². The van der Waals surface area contributed by atoms with Crippen LogP contribution in [-0.4, -0.2) is 68.9 Å². The van der Waals surface area contributed by atoms with Gasteiger partial charge in [0.1, 0.15) is 24.1 Å². The molecule has 20 heavy (non-hydrogen) atoms. The van der Waals surface area contributed by atoms with Gasteiger partial charge in [-0.25, -0.2) is 9.80 Å². The number of aliphatic hydroxyl groups is 3. The van der Waals surface area contributed by atoms with E-state index in [1.807, 2.05) is 0 Å². The summed E-state index contributed by atoms with van der Waals surface area (Å²) in [5.74, 6) is 0.350. The summed E-state index contributed by atoms with van der Waals surface area (Å²) < 4.78 is 6.34. The number of hydrogen-bond donors (Lipinski definition) is 4. The second-order valence-corrected chi connectivity index (χ2v) is 4.74. The maximum Gasteiger partial charge on any atom is 0.351 e. The Bertz CT molecular complexity index is 520. The molecule has 0 radical (unpaired) electrons. The van der Waals surface area contributed by atoms with Crippen molar-refractivity contribution < 1.29 is 20.1 Å². The average Bonchev–Trinajstić information content (AvgIpc) is 2.66. The molecule has 112 valence electrons. The van der Waals surface area contributed by atoms with E-state index in [9.17, 15) is 15.0 Å². The number of ether oxygens (including phenoxy) is 1. The first-order valence-corrected chi connectivity index (χ1v) is 6.09. The molecule has 9 nitrogen and oxygen atoms in total. The highest BCUT2D eigenvalue weighted by Crippen LogP contribution is 2.28. The van der Waals surface area contributed by atoms with E-state index in [1.54, 1.807) is 19.1 Å². The Balaban J connectivity index is 2.24. The predicted molar refractivity (Wildman–Crippen MR) is 68.8 cm³/mol. The maximum atomic E-state index is 11.9. The molecule has 1 fully saturated rings. The molecule has 1 aliphatic heterocycles. The minimum Gasteiger partial charge on any atom is -0.394 e. The highest BCUT2D eigenvalue weighted by atomic mass is 16.6. The van der Waals surface area contributed by atoms with E-state index in [4.69, 9.17) is 9.84 Å². The second kappa shape index (κ2) is 5.85. The van der Waals surface area contributed by atoms with Crippen molar-refractivity contribution in [3.05, 3.63) is 22.7 Å². The molecule has 0 aliphatic carbocycles. The largest absolute Gasteiger partial charge is 0.394 e. The van der Waals surface area contributed by atoms with Crippen LogP contribution in [0.1, 0.15) is 6.23 Å². The van der Waals surface area contributed by atoms with Gasteiger partial charge in [-0.15, -0.1) is 0 Å². The fourth-order valence-electron chi connectivity index (χ4n) is 2.01. The fraction of sp³-hybridized carbons (Fsp3) is 0.636. The van der Waals surface area contributed by atoms with Crippen LogP contribution in [0.2, 0.25) is 0 Å². The van der Waals surface area contributed by atoms with Crippen molar-refractivity contribution in [2.75, 3.05) is 26.1 Å². The third kappa shape index (κ3) is 2.81. The first kappa shape index (κ1) is 14.9. The van der Waals surface area contributed by atoms with E-state index in [-0.39, 0.29) is 0 Å². The summed E-state index contributed by atoms with van der Waals surface area (Å²) in [6.07, 6.45) is -3.16. The molecule has 0 spiro atoms. The fourth-order valence-corrected chi connectivity index (χ4v) is 2.01. The summed E-state index contributed by atoms with van der Waals surface area (Å²) in [7, 11) is 3.50. The van der Waals surface area contributed by atoms with Crippen LogP contribution in [0.5, 0.6) is 0 Å². The first-order chi connectivity index (χ1) is 9.43. The second-order valence-electron chi connectivity index (χ2n) is 4.74. The Kier molecular flexibility index (Phi) is 4.35. The zero-order valence-corrected chi connectivity index (χ0v) is 11.2. The molecule has 4 atom stereocenters. The lowest BCUT2D eigenvalue weighted by Gasteiger charge is -2.18. The van der Waals surface area contributed by atoms with Gasteiger partial charge in [0.15, 0.2) is 6.23 Å². The van der Waals surface area contributed by atoms with Crippen molar-refractivity contribution in [2.24, 2.45) is 0 Å². The molecule has 1 aliphatic rings. The van der Waals surface area contributed by atoms with Crippen molar-refractivity contribution in [1.29, 1.82) is 0 Å². The number of nitrogens with one attached hydrogen (secondary N) is 1. The minimum absolute atomic E-state index is 0.350. The van der Waals surface area contributed by atoms with Gasteiger partial charge in [0.25, 0.3) is 0 Å². The van der Waals surface area contributed by atoms with Crippen molar-refractivity contribution in [2.45, 2.75) is 24.5 Å². The summed E-state index contributed by atoms with van der Waals surface area (Å²) in [6.45, 7) is -0.447. The number of aromatic nitrogens is 2. The maximum absolute atomic E-state index is 11.9. The van der Waals surface area contributed by atoms with Crippen LogP contribution in [0.25, 0.3) is 0 Å². The molecule has 1 saturated heterocycles. The summed E-state index contributed by atoms with van der Waals surface area (Å²) in [5.41, 5.74) is 2.19. The summed E-state index contributed by atoms with van der Waals surface area (Å²) >= 11 is 0. The molecule has 0 aromatic carbocycles. The number of aliphatic hydroxyl groups excluding tert-OH is 3. The summed E-state index contributed by atoms with van der Waals surface area (Å²) in [6, 6.07) is 1.54. The lowest BCUT2D eigenvalue weighted by molar-refractivity contribution is -0.0549. The number of hydrogen-bond acceptors (Lipinski definition) is 8. The number of hydrazine groups is 1. The van der Waals surface area contributed by atoms with E-state index in [0.29, 0.717) is 5.82 Å². The molecule has 0 unspecified atom stereocenters. The number of rotatable bonds is 4. The molecule has 1 aromatic rings. The molecule has 1 aromatic heterocycles. The number of nitrogens with zero attached hydrogens (tertiary/aromatic N) is 3. The SMILES string of the molecule is CN(C)Nc1ccn([C@@H]2O[C@H](CO)[C@@H](O)[C@H]2O)c(=O)n1. The van der Waals surface area contributed by atoms with Crippen LogP contribution in [-0.2, 0) is 4.74 Å². The lowest BCUT2D eigenvalue weighted by atomic mass is 10.1. The predicted octanol–water partition coefficient (Wildman–Crippen LogP) is -2.26. The molecule has 0 amide bonds. The first-order valence-electron chi connectivity index (χ1n) is 6.09. The van der Waals surface area contributed by atoms with Gasteiger partial charge in [-0.05, 0) is 6.07 Å². The topological polar surface area (TPSA) is 120 Å². The van der Waals surface area contributed by atoms with Crippen molar-refractivity contribution >= 4 is 5.82 Å². The van der Waals surface area contributed by atoms with Gasteiger partial charge < -0.3 is 25.5 Å².